The Balaban J connectivity index is 1.93. The minimum Gasteiger partial charge on any atom is -0.479 e. The third-order valence-corrected chi connectivity index (χ3v) is 4.02. The van der Waals surface area contributed by atoms with Crippen LogP contribution in [-0.2, 0) is 9.53 Å². The fourth-order valence-electron chi connectivity index (χ4n) is 2.29. The van der Waals surface area contributed by atoms with Gasteiger partial charge in [-0.15, -0.1) is 0 Å². The average Bonchev–Trinajstić information content (AvgIpc) is 2.67. The zero-order valence-electron chi connectivity index (χ0n) is 15.3. The highest BCUT2D eigenvalue weighted by Crippen LogP contribution is 2.24. The molecule has 1 atom stereocenters. The lowest BCUT2D eigenvalue weighted by Gasteiger charge is -2.16. The number of ether oxygens (including phenoxy) is 2. The van der Waals surface area contributed by atoms with E-state index in [4.69, 9.17) is 21.1 Å². The summed E-state index contributed by atoms with van der Waals surface area (Å²) in [6, 6.07) is 13.7. The first-order chi connectivity index (χ1) is 13.0. The molecule has 0 saturated carbocycles. The number of anilines is 1. The van der Waals surface area contributed by atoms with E-state index in [-0.39, 0.29) is 11.8 Å². The monoisotopic (exact) mass is 390 g/mol. The number of methoxy groups -OCH3 is 1. The smallest absolute Gasteiger partial charge is 0.265 e. The van der Waals surface area contributed by atoms with E-state index >= 15 is 0 Å². The number of para-hydroxylation sites is 1. The van der Waals surface area contributed by atoms with Crippen molar-refractivity contribution in [2.75, 3.05) is 25.6 Å². The lowest BCUT2D eigenvalue weighted by atomic mass is 10.2. The summed E-state index contributed by atoms with van der Waals surface area (Å²) in [5.41, 5.74) is 0.976. The van der Waals surface area contributed by atoms with Crippen LogP contribution in [-0.4, -0.2) is 38.2 Å². The maximum absolute atomic E-state index is 12.4. The van der Waals surface area contributed by atoms with Gasteiger partial charge in [0.05, 0.1) is 5.02 Å². The van der Waals surface area contributed by atoms with E-state index in [1.165, 1.54) is 0 Å². The molecule has 2 aromatic rings. The molecule has 0 aromatic heterocycles. The van der Waals surface area contributed by atoms with Crippen LogP contribution in [0.3, 0.4) is 0 Å². The molecule has 2 rings (SSSR count). The number of halogens is 1. The van der Waals surface area contributed by atoms with E-state index < -0.39 is 6.10 Å². The summed E-state index contributed by atoms with van der Waals surface area (Å²) >= 11 is 6.04. The standard InChI is InChI=1S/C20H23ClN2O4/c1-14(27-18-10-4-3-9-17(18)21)19(24)23-16-8-5-7-15(13-16)20(25)22-11-6-12-26-2/h3-5,7-10,13-14H,6,11-12H2,1-2H3,(H,22,25)(H,23,24). The summed E-state index contributed by atoms with van der Waals surface area (Å²) in [5, 5.41) is 5.99. The van der Waals surface area contributed by atoms with Crippen molar-refractivity contribution < 1.29 is 19.1 Å². The van der Waals surface area contributed by atoms with E-state index in [1.807, 2.05) is 0 Å². The fourth-order valence-corrected chi connectivity index (χ4v) is 2.47. The van der Waals surface area contributed by atoms with Crippen molar-refractivity contribution >= 4 is 29.1 Å². The molecule has 144 valence electrons. The van der Waals surface area contributed by atoms with Crippen molar-refractivity contribution in [1.82, 2.24) is 5.32 Å². The van der Waals surface area contributed by atoms with E-state index in [0.717, 1.165) is 6.42 Å². The third kappa shape index (κ3) is 6.58. The van der Waals surface area contributed by atoms with Gasteiger partial charge < -0.3 is 20.1 Å². The molecule has 0 aliphatic carbocycles. The van der Waals surface area contributed by atoms with Gasteiger partial charge in [0.25, 0.3) is 11.8 Å². The average molecular weight is 391 g/mol. The van der Waals surface area contributed by atoms with Crippen LogP contribution < -0.4 is 15.4 Å². The zero-order chi connectivity index (χ0) is 19.6. The normalized spacial score (nSPS) is 11.5. The summed E-state index contributed by atoms with van der Waals surface area (Å²) in [7, 11) is 1.62. The molecular formula is C20H23ClN2O4. The Bertz CT molecular complexity index is 782. The first kappa shape index (κ1) is 20.7. The van der Waals surface area contributed by atoms with Crippen LogP contribution in [0.15, 0.2) is 48.5 Å². The number of hydrogen-bond donors (Lipinski definition) is 2. The van der Waals surface area contributed by atoms with Crippen LogP contribution >= 0.6 is 11.6 Å². The van der Waals surface area contributed by atoms with Crippen LogP contribution in [0.1, 0.15) is 23.7 Å². The van der Waals surface area contributed by atoms with Crippen molar-refractivity contribution in [1.29, 1.82) is 0 Å². The molecule has 0 bridgehead atoms. The highest BCUT2D eigenvalue weighted by molar-refractivity contribution is 6.32. The maximum atomic E-state index is 12.4. The molecule has 0 fully saturated rings. The van der Waals surface area contributed by atoms with Crippen molar-refractivity contribution in [3.05, 3.63) is 59.1 Å². The molecule has 0 aliphatic heterocycles. The molecule has 0 heterocycles. The number of rotatable bonds is 9. The zero-order valence-corrected chi connectivity index (χ0v) is 16.1. The van der Waals surface area contributed by atoms with Gasteiger partial charge in [-0.05, 0) is 43.7 Å². The van der Waals surface area contributed by atoms with E-state index in [2.05, 4.69) is 10.6 Å². The minimum absolute atomic E-state index is 0.206. The molecule has 0 radical (unpaired) electrons. The number of benzene rings is 2. The van der Waals surface area contributed by atoms with Gasteiger partial charge in [0.15, 0.2) is 6.10 Å². The Morgan fingerprint density at radius 2 is 1.93 bits per heavy atom. The molecule has 2 amide bonds. The van der Waals surface area contributed by atoms with Crippen LogP contribution in [0, 0.1) is 0 Å². The van der Waals surface area contributed by atoms with Crippen LogP contribution in [0.2, 0.25) is 5.02 Å². The number of nitrogens with one attached hydrogen (secondary N) is 2. The van der Waals surface area contributed by atoms with Gasteiger partial charge in [0.1, 0.15) is 5.75 Å². The molecule has 27 heavy (non-hydrogen) atoms. The fraction of sp³-hybridized carbons (Fsp3) is 0.300. The molecule has 2 N–H and O–H groups in total. The van der Waals surface area contributed by atoms with E-state index in [0.29, 0.717) is 35.2 Å². The summed E-state index contributed by atoms with van der Waals surface area (Å²) in [4.78, 5) is 24.5. The molecule has 0 aliphatic rings. The van der Waals surface area contributed by atoms with Crippen LogP contribution in [0.4, 0.5) is 5.69 Å². The largest absolute Gasteiger partial charge is 0.479 e. The molecule has 6 nitrogen and oxygen atoms in total. The summed E-state index contributed by atoms with van der Waals surface area (Å²) in [5.74, 6) is -0.110. The predicted molar refractivity (Wildman–Crippen MR) is 105 cm³/mol. The predicted octanol–water partition coefficient (Wildman–Crippen LogP) is 3.51. The lowest BCUT2D eigenvalue weighted by Crippen LogP contribution is -2.30. The second kappa shape index (κ2) is 10.5. The van der Waals surface area contributed by atoms with Gasteiger partial charge in [-0.25, -0.2) is 0 Å². The molecule has 7 heteroatoms. The Hall–Kier alpha value is -2.57. The van der Waals surface area contributed by atoms with Gasteiger partial charge in [-0.2, -0.15) is 0 Å². The van der Waals surface area contributed by atoms with Gasteiger partial charge in [0, 0.05) is 31.5 Å². The Morgan fingerprint density at radius 3 is 2.67 bits per heavy atom. The first-order valence-electron chi connectivity index (χ1n) is 8.60. The van der Waals surface area contributed by atoms with Gasteiger partial charge in [-0.1, -0.05) is 29.8 Å². The number of carbonyl (C=O) groups excluding carboxylic acids is 2. The van der Waals surface area contributed by atoms with Crippen molar-refractivity contribution in [3.63, 3.8) is 0 Å². The van der Waals surface area contributed by atoms with Crippen molar-refractivity contribution in [2.45, 2.75) is 19.4 Å². The third-order valence-electron chi connectivity index (χ3n) is 3.71. The quantitative estimate of drug-likeness (QED) is 0.642. The summed E-state index contributed by atoms with van der Waals surface area (Å²) in [6.45, 7) is 2.73. The lowest BCUT2D eigenvalue weighted by molar-refractivity contribution is -0.122. The molecule has 0 saturated heterocycles. The second-order valence-corrected chi connectivity index (χ2v) is 6.27. The summed E-state index contributed by atoms with van der Waals surface area (Å²) in [6.07, 6.45) is -0.0216. The van der Waals surface area contributed by atoms with E-state index in [9.17, 15) is 9.59 Å². The molecule has 1 unspecified atom stereocenters. The second-order valence-electron chi connectivity index (χ2n) is 5.86. The highest BCUT2D eigenvalue weighted by atomic mass is 35.5. The Kier molecular flexibility index (Phi) is 8.10. The van der Waals surface area contributed by atoms with Crippen LogP contribution in [0.25, 0.3) is 0 Å². The number of hydrogen-bond acceptors (Lipinski definition) is 4. The highest BCUT2D eigenvalue weighted by Gasteiger charge is 2.16. The number of amides is 2. The number of carbonyl (C=O) groups is 2. The first-order valence-corrected chi connectivity index (χ1v) is 8.98. The van der Waals surface area contributed by atoms with Crippen molar-refractivity contribution in [3.8, 4) is 5.75 Å². The molecule has 0 spiro atoms. The van der Waals surface area contributed by atoms with Crippen LogP contribution in [0.5, 0.6) is 5.75 Å². The Morgan fingerprint density at radius 1 is 1.15 bits per heavy atom. The SMILES string of the molecule is COCCCNC(=O)c1cccc(NC(=O)C(C)Oc2ccccc2Cl)c1. The van der Waals surface area contributed by atoms with Crippen molar-refractivity contribution in [2.24, 2.45) is 0 Å². The maximum Gasteiger partial charge on any atom is 0.265 e. The van der Waals surface area contributed by atoms with Gasteiger partial charge >= 0.3 is 0 Å². The van der Waals surface area contributed by atoms with E-state index in [1.54, 1.807) is 62.6 Å². The minimum atomic E-state index is -0.753. The summed E-state index contributed by atoms with van der Waals surface area (Å²) < 4.78 is 10.5. The molecule has 2 aromatic carbocycles. The topological polar surface area (TPSA) is 76.7 Å². The Labute approximate surface area is 163 Å². The van der Waals surface area contributed by atoms with Gasteiger partial charge in [-0.3, -0.25) is 9.59 Å². The van der Waals surface area contributed by atoms with Gasteiger partial charge in [0.2, 0.25) is 0 Å². The molecular weight excluding hydrogens is 368 g/mol.